The summed E-state index contributed by atoms with van der Waals surface area (Å²) in [5.41, 5.74) is 0.635. The third kappa shape index (κ3) is 8.48. The van der Waals surface area contributed by atoms with Crippen LogP contribution in [0, 0.1) is 0 Å². The average Bonchev–Trinajstić information content (AvgIpc) is 2.49. The summed E-state index contributed by atoms with van der Waals surface area (Å²) in [7, 11) is 0. The van der Waals surface area contributed by atoms with Crippen LogP contribution in [-0.4, -0.2) is 40.0 Å². The Kier molecular flexibility index (Phi) is 8.52. The summed E-state index contributed by atoms with van der Waals surface area (Å²) in [4.78, 5) is 0. The molecule has 2 N–H and O–H groups in total. The number of rotatable bonds is 9. The molecular formula is C17H26F3NO4S. The second kappa shape index (κ2) is 9.68. The van der Waals surface area contributed by atoms with Gasteiger partial charge in [-0.15, -0.1) is 17.9 Å². The molecule has 0 fully saturated rings. The fraction of sp³-hybridized carbons (Fsp3) is 0.647. The Bertz CT molecular complexity index is 564. The summed E-state index contributed by atoms with van der Waals surface area (Å²) in [6.07, 6.45) is -3.78. The van der Waals surface area contributed by atoms with Gasteiger partial charge in [0.1, 0.15) is 11.4 Å². The van der Waals surface area contributed by atoms with Gasteiger partial charge in [-0.05, 0) is 58.2 Å². The van der Waals surface area contributed by atoms with Crippen LogP contribution in [0.4, 0.5) is 13.2 Å². The minimum absolute atomic E-state index is 0.0765. The zero-order valence-corrected chi connectivity index (χ0v) is 16.2. The van der Waals surface area contributed by atoms with Crippen molar-refractivity contribution >= 4 is 11.4 Å². The maximum atomic E-state index is 12.6. The van der Waals surface area contributed by atoms with Crippen LogP contribution >= 0.6 is 0 Å². The van der Waals surface area contributed by atoms with Gasteiger partial charge in [0.15, 0.2) is 11.5 Å². The molecule has 0 aliphatic heterocycles. The first-order valence-electron chi connectivity index (χ1n) is 8.22. The Morgan fingerprint density at radius 2 is 1.88 bits per heavy atom. The summed E-state index contributed by atoms with van der Waals surface area (Å²) in [5, 5.41) is 8.76. The lowest BCUT2D eigenvalue weighted by atomic mass is 10.1. The molecule has 0 aliphatic rings. The van der Waals surface area contributed by atoms with Gasteiger partial charge in [0, 0.05) is 11.4 Å². The van der Waals surface area contributed by atoms with Gasteiger partial charge in [-0.1, -0.05) is 6.07 Å². The van der Waals surface area contributed by atoms with Crippen LogP contribution in [0.2, 0.25) is 0 Å². The van der Waals surface area contributed by atoms with Crippen molar-refractivity contribution in [2.45, 2.75) is 57.7 Å². The fourth-order valence-corrected chi connectivity index (χ4v) is 2.83. The molecule has 5 nitrogen and oxygen atoms in total. The highest BCUT2D eigenvalue weighted by Crippen LogP contribution is 2.33. The topological polar surface area (TPSA) is 73.8 Å². The summed E-state index contributed by atoms with van der Waals surface area (Å²) in [5.74, 6) is -0.525. The molecule has 1 aromatic carbocycles. The largest absolute Gasteiger partial charge is 0.598 e. The quantitative estimate of drug-likeness (QED) is 0.626. The molecular weight excluding hydrogens is 371 g/mol. The number of benzene rings is 1. The molecule has 0 amide bonds. The minimum Gasteiger partial charge on any atom is -0.598 e. The zero-order valence-electron chi connectivity index (χ0n) is 15.4. The van der Waals surface area contributed by atoms with Gasteiger partial charge in [-0.25, -0.2) is 0 Å². The van der Waals surface area contributed by atoms with Crippen molar-refractivity contribution in [1.29, 1.82) is 0 Å². The van der Waals surface area contributed by atoms with E-state index in [1.54, 1.807) is 6.07 Å². The van der Waals surface area contributed by atoms with Gasteiger partial charge in [0.25, 0.3) is 0 Å². The van der Waals surface area contributed by atoms with E-state index in [2.05, 4.69) is 9.46 Å². The molecule has 9 heteroatoms. The first kappa shape index (κ1) is 22.9. The van der Waals surface area contributed by atoms with Crippen LogP contribution in [0.25, 0.3) is 0 Å². The van der Waals surface area contributed by atoms with E-state index in [0.29, 0.717) is 18.4 Å². The average molecular weight is 397 g/mol. The van der Waals surface area contributed by atoms with Crippen molar-refractivity contribution in [3.63, 3.8) is 0 Å². The number of ether oxygens (including phenoxy) is 2. The van der Waals surface area contributed by atoms with E-state index in [-0.39, 0.29) is 25.0 Å². The number of alkyl halides is 3. The van der Waals surface area contributed by atoms with Crippen molar-refractivity contribution in [1.82, 2.24) is 4.72 Å². The predicted octanol–water partition coefficient (Wildman–Crippen LogP) is 3.33. The van der Waals surface area contributed by atoms with E-state index in [9.17, 15) is 17.7 Å². The SMILES string of the molecule is C[C@H](CCc1ccc(OCCO)c(OC(F)(F)F)c1)N[S+]([O-])C(C)(C)C. The van der Waals surface area contributed by atoms with Gasteiger partial charge in [0.2, 0.25) is 0 Å². The molecule has 0 aromatic heterocycles. The minimum atomic E-state index is -4.84. The molecule has 0 radical (unpaired) electrons. The number of aliphatic hydroxyl groups is 1. The van der Waals surface area contributed by atoms with Crippen LogP contribution in [0.15, 0.2) is 18.2 Å². The molecule has 26 heavy (non-hydrogen) atoms. The molecule has 0 spiro atoms. The van der Waals surface area contributed by atoms with Crippen LogP contribution < -0.4 is 14.2 Å². The lowest BCUT2D eigenvalue weighted by molar-refractivity contribution is -0.275. The number of halogens is 3. The molecule has 1 rings (SSSR count). The Balaban J connectivity index is 2.76. The first-order valence-corrected chi connectivity index (χ1v) is 9.37. The lowest BCUT2D eigenvalue weighted by Gasteiger charge is -2.26. The maximum absolute atomic E-state index is 12.6. The van der Waals surface area contributed by atoms with E-state index in [4.69, 9.17) is 9.84 Å². The van der Waals surface area contributed by atoms with Gasteiger partial charge in [0.05, 0.1) is 12.6 Å². The molecule has 1 aromatic rings. The van der Waals surface area contributed by atoms with Crippen LogP contribution in [-0.2, 0) is 17.8 Å². The van der Waals surface area contributed by atoms with Crippen molar-refractivity contribution < 1.29 is 32.3 Å². The van der Waals surface area contributed by atoms with Gasteiger partial charge in [-0.2, -0.15) is 0 Å². The highest BCUT2D eigenvalue weighted by Gasteiger charge is 2.33. The van der Waals surface area contributed by atoms with E-state index < -0.39 is 28.2 Å². The predicted molar refractivity (Wildman–Crippen MR) is 94.5 cm³/mol. The number of hydrogen-bond donors (Lipinski definition) is 2. The molecule has 0 saturated heterocycles. The molecule has 0 aliphatic carbocycles. The summed E-state index contributed by atoms with van der Waals surface area (Å²) in [6.45, 7) is 6.99. The number of aliphatic hydroxyl groups excluding tert-OH is 1. The third-order valence-electron chi connectivity index (χ3n) is 3.31. The fourth-order valence-electron chi connectivity index (χ4n) is 1.99. The zero-order chi connectivity index (χ0) is 20.0. The summed E-state index contributed by atoms with van der Waals surface area (Å²) >= 11 is -1.22. The second-order valence-electron chi connectivity index (χ2n) is 6.84. The van der Waals surface area contributed by atoms with Gasteiger partial charge >= 0.3 is 6.36 Å². The van der Waals surface area contributed by atoms with Crippen molar-refractivity contribution in [3.05, 3.63) is 23.8 Å². The number of hydrogen-bond acceptors (Lipinski definition) is 5. The number of nitrogens with one attached hydrogen (secondary N) is 1. The van der Waals surface area contributed by atoms with Gasteiger partial charge < -0.3 is 19.1 Å². The van der Waals surface area contributed by atoms with Crippen molar-refractivity contribution in [2.24, 2.45) is 0 Å². The van der Waals surface area contributed by atoms with Crippen molar-refractivity contribution in [3.8, 4) is 11.5 Å². The van der Waals surface area contributed by atoms with E-state index >= 15 is 0 Å². The molecule has 150 valence electrons. The molecule has 0 saturated carbocycles. The maximum Gasteiger partial charge on any atom is 0.573 e. The first-order chi connectivity index (χ1) is 11.9. The Labute approximate surface area is 155 Å². The van der Waals surface area contributed by atoms with Crippen molar-refractivity contribution in [2.75, 3.05) is 13.2 Å². The van der Waals surface area contributed by atoms with Crippen LogP contribution in [0.1, 0.15) is 39.7 Å². The molecule has 0 heterocycles. The Hall–Kier alpha value is -1.16. The molecule has 0 bridgehead atoms. The Morgan fingerprint density at radius 3 is 2.42 bits per heavy atom. The summed E-state index contributed by atoms with van der Waals surface area (Å²) < 4.78 is 61.5. The third-order valence-corrected chi connectivity index (χ3v) is 5.04. The standard InChI is InChI=1S/C17H26F3NO4S/c1-12(21-26(23)16(2,3)4)5-6-13-7-8-14(24-10-9-22)15(11-13)25-17(18,19)20/h7-8,11-12,21-22H,5-6,9-10H2,1-4H3/t12-,26?/m1/s1. The van der Waals surface area contributed by atoms with E-state index in [0.717, 1.165) is 0 Å². The second-order valence-corrected chi connectivity index (χ2v) is 8.84. The van der Waals surface area contributed by atoms with E-state index in [1.807, 2.05) is 27.7 Å². The van der Waals surface area contributed by atoms with Crippen LogP contribution in [0.3, 0.4) is 0 Å². The number of aryl methyl sites for hydroxylation is 1. The van der Waals surface area contributed by atoms with Crippen LogP contribution in [0.5, 0.6) is 11.5 Å². The molecule has 2 atom stereocenters. The van der Waals surface area contributed by atoms with E-state index in [1.165, 1.54) is 12.1 Å². The van der Waals surface area contributed by atoms with Gasteiger partial charge in [-0.3, -0.25) is 0 Å². The smallest absolute Gasteiger partial charge is 0.573 e. The normalized spacial score (nSPS) is 14.8. The molecule has 1 unspecified atom stereocenters. The summed E-state index contributed by atoms with van der Waals surface area (Å²) in [6, 6.07) is 4.22. The monoisotopic (exact) mass is 397 g/mol. The Morgan fingerprint density at radius 1 is 1.23 bits per heavy atom. The lowest BCUT2D eigenvalue weighted by Crippen LogP contribution is -2.43. The highest BCUT2D eigenvalue weighted by molar-refractivity contribution is 7.90. The highest BCUT2D eigenvalue weighted by atomic mass is 32.2.